The molecule has 0 unspecified atom stereocenters. The minimum absolute atomic E-state index is 0.0743. The Balaban J connectivity index is 1.70. The van der Waals surface area contributed by atoms with Crippen LogP contribution in [0.3, 0.4) is 0 Å². The molecule has 1 fully saturated rings. The van der Waals surface area contributed by atoms with E-state index in [-0.39, 0.29) is 10.7 Å². The molecule has 1 aliphatic carbocycles. The summed E-state index contributed by atoms with van der Waals surface area (Å²) in [6.07, 6.45) is 4.29. The van der Waals surface area contributed by atoms with Gasteiger partial charge in [0.2, 0.25) is 10.0 Å². The maximum atomic E-state index is 12.2. The fourth-order valence-corrected chi connectivity index (χ4v) is 5.61. The van der Waals surface area contributed by atoms with E-state index in [2.05, 4.69) is 54.5 Å². The predicted molar refractivity (Wildman–Crippen MR) is 130 cm³/mol. The second-order valence-electron chi connectivity index (χ2n) is 9.77. The molecule has 3 aromatic rings. The van der Waals surface area contributed by atoms with Crippen molar-refractivity contribution in [1.29, 1.82) is 5.26 Å². The van der Waals surface area contributed by atoms with Gasteiger partial charge in [0.15, 0.2) is 0 Å². The highest BCUT2D eigenvalue weighted by molar-refractivity contribution is 7.90. The summed E-state index contributed by atoms with van der Waals surface area (Å²) in [5.74, 6) is 0. The van der Waals surface area contributed by atoms with Crippen LogP contribution in [0, 0.1) is 16.7 Å². The van der Waals surface area contributed by atoms with Crippen LogP contribution in [0.2, 0.25) is 5.02 Å². The molecule has 5 nitrogen and oxygen atoms in total. The van der Waals surface area contributed by atoms with Gasteiger partial charge in [0.1, 0.15) is 0 Å². The van der Waals surface area contributed by atoms with E-state index in [0.29, 0.717) is 23.6 Å². The summed E-state index contributed by atoms with van der Waals surface area (Å²) in [6.45, 7) is 7.80. The van der Waals surface area contributed by atoms with Crippen LogP contribution >= 0.6 is 11.6 Å². The highest BCUT2D eigenvalue weighted by Crippen LogP contribution is 2.33. The molecule has 4 rings (SSSR count). The third-order valence-electron chi connectivity index (χ3n) is 5.68. The first-order valence-electron chi connectivity index (χ1n) is 10.9. The van der Waals surface area contributed by atoms with Crippen molar-refractivity contribution in [3.8, 4) is 17.2 Å². The van der Waals surface area contributed by atoms with Gasteiger partial charge < -0.3 is 4.57 Å². The third kappa shape index (κ3) is 5.01. The minimum Gasteiger partial charge on any atom is -0.347 e. The zero-order valence-corrected chi connectivity index (χ0v) is 20.2. The number of nitrogens with zero attached hydrogens (tertiary/aromatic N) is 2. The van der Waals surface area contributed by atoms with Crippen LogP contribution in [0.1, 0.15) is 44.7 Å². The van der Waals surface area contributed by atoms with Crippen molar-refractivity contribution in [2.45, 2.75) is 51.8 Å². The molecule has 0 spiro atoms. The molecule has 0 amide bonds. The largest absolute Gasteiger partial charge is 0.347 e. The average molecular weight is 470 g/mol. The van der Waals surface area contributed by atoms with Crippen molar-refractivity contribution in [2.24, 2.45) is 5.41 Å². The molecular formula is C25H28ClN3O2S. The Labute approximate surface area is 195 Å². The molecule has 0 radical (unpaired) electrons. The molecule has 0 aliphatic heterocycles. The van der Waals surface area contributed by atoms with Gasteiger partial charge in [-0.15, -0.1) is 0 Å². The summed E-state index contributed by atoms with van der Waals surface area (Å²) in [5, 5.41) is 11.0. The quantitative estimate of drug-likeness (QED) is 0.496. The Hall–Kier alpha value is -2.33. The van der Waals surface area contributed by atoms with Crippen molar-refractivity contribution >= 4 is 32.5 Å². The van der Waals surface area contributed by atoms with Gasteiger partial charge in [-0.3, -0.25) is 0 Å². The topological polar surface area (TPSA) is 74.9 Å². The second kappa shape index (κ2) is 8.55. The normalized spacial score (nSPS) is 14.6. The van der Waals surface area contributed by atoms with Crippen LogP contribution in [-0.4, -0.2) is 24.8 Å². The van der Waals surface area contributed by atoms with E-state index in [9.17, 15) is 13.7 Å². The van der Waals surface area contributed by atoms with Gasteiger partial charge >= 0.3 is 0 Å². The second-order valence-corrected chi connectivity index (χ2v) is 12.2. The molecule has 1 aliphatic rings. The van der Waals surface area contributed by atoms with Crippen LogP contribution < -0.4 is 4.72 Å². The van der Waals surface area contributed by atoms with Crippen molar-refractivity contribution in [2.75, 3.05) is 6.54 Å². The molecular weight excluding hydrogens is 442 g/mol. The molecule has 32 heavy (non-hydrogen) atoms. The van der Waals surface area contributed by atoms with Crippen LogP contribution in [0.5, 0.6) is 0 Å². The van der Waals surface area contributed by atoms with Crippen LogP contribution in [0.4, 0.5) is 0 Å². The Kier molecular flexibility index (Phi) is 6.10. The molecule has 2 aromatic carbocycles. The summed E-state index contributed by atoms with van der Waals surface area (Å²) >= 11 is 6.08. The Morgan fingerprint density at radius 1 is 1.19 bits per heavy atom. The van der Waals surface area contributed by atoms with E-state index in [0.717, 1.165) is 47.0 Å². The smallest absolute Gasteiger partial charge is 0.214 e. The lowest BCUT2D eigenvalue weighted by Crippen LogP contribution is -2.29. The first-order chi connectivity index (χ1) is 15.1. The summed E-state index contributed by atoms with van der Waals surface area (Å²) in [6, 6.07) is 13.8. The molecule has 1 saturated carbocycles. The van der Waals surface area contributed by atoms with Crippen molar-refractivity contribution in [3.05, 3.63) is 58.7 Å². The molecule has 0 atom stereocenters. The summed E-state index contributed by atoms with van der Waals surface area (Å²) in [7, 11) is -3.18. The SMILES string of the molecule is CC(C)(C)Cn1cc(CCNS(=O)(=O)C2CC2)c2ccc(-c3ccc(Cl)cc3C#N)cc21. The number of rotatable bonds is 7. The van der Waals surface area contributed by atoms with Crippen molar-refractivity contribution < 1.29 is 8.42 Å². The van der Waals surface area contributed by atoms with Gasteiger partial charge in [-0.25, -0.2) is 13.1 Å². The Bertz CT molecular complexity index is 1310. The third-order valence-corrected chi connectivity index (χ3v) is 7.87. The van der Waals surface area contributed by atoms with Crippen LogP contribution in [0.15, 0.2) is 42.6 Å². The number of halogens is 1. The van der Waals surface area contributed by atoms with Gasteiger partial charge in [-0.1, -0.05) is 50.6 Å². The number of fused-ring (bicyclic) bond motifs is 1. The fourth-order valence-electron chi connectivity index (χ4n) is 4.06. The van der Waals surface area contributed by atoms with Crippen LogP contribution in [-0.2, 0) is 23.0 Å². The molecule has 1 N–H and O–H groups in total. The molecule has 0 saturated heterocycles. The monoisotopic (exact) mass is 469 g/mol. The number of sulfonamides is 1. The lowest BCUT2D eigenvalue weighted by Gasteiger charge is -2.20. The average Bonchev–Trinajstić information content (AvgIpc) is 3.53. The highest BCUT2D eigenvalue weighted by atomic mass is 35.5. The molecule has 0 bridgehead atoms. The predicted octanol–water partition coefficient (Wildman–Crippen LogP) is 5.50. The number of hydrogen-bond donors (Lipinski definition) is 1. The summed E-state index contributed by atoms with van der Waals surface area (Å²) < 4.78 is 29.4. The van der Waals surface area contributed by atoms with Gasteiger partial charge in [0, 0.05) is 35.2 Å². The molecule has 168 valence electrons. The minimum atomic E-state index is -3.18. The maximum absolute atomic E-state index is 12.2. The lowest BCUT2D eigenvalue weighted by atomic mass is 9.96. The first kappa shape index (κ1) is 22.8. The number of nitriles is 1. The summed E-state index contributed by atoms with van der Waals surface area (Å²) in [5.41, 5.74) is 4.62. The standard InChI is InChI=1S/C25H28ClN3O2S/c1-25(2,3)16-29-15-18(10-11-28-32(30,31)21-6-7-21)23-8-4-17(13-24(23)29)22-9-5-20(26)12-19(22)14-27/h4-5,8-9,12-13,15,21,28H,6-7,10-11,16H2,1-3H3. The lowest BCUT2D eigenvalue weighted by molar-refractivity contribution is 0.349. The van der Waals surface area contributed by atoms with Crippen molar-refractivity contribution in [1.82, 2.24) is 9.29 Å². The van der Waals surface area contributed by atoms with E-state index in [1.807, 2.05) is 12.1 Å². The Morgan fingerprint density at radius 2 is 1.94 bits per heavy atom. The number of benzene rings is 2. The van der Waals surface area contributed by atoms with E-state index in [1.165, 1.54) is 0 Å². The zero-order valence-electron chi connectivity index (χ0n) is 18.7. The zero-order chi connectivity index (χ0) is 23.1. The van der Waals surface area contributed by atoms with Crippen LogP contribution in [0.25, 0.3) is 22.0 Å². The first-order valence-corrected chi connectivity index (χ1v) is 12.8. The van der Waals surface area contributed by atoms with E-state index in [4.69, 9.17) is 11.6 Å². The maximum Gasteiger partial charge on any atom is 0.214 e. The molecule has 7 heteroatoms. The molecule has 1 heterocycles. The van der Waals surface area contributed by atoms with E-state index in [1.54, 1.807) is 12.1 Å². The number of nitrogens with one attached hydrogen (secondary N) is 1. The number of hydrogen-bond acceptors (Lipinski definition) is 3. The van der Waals surface area contributed by atoms with Gasteiger partial charge in [0.05, 0.1) is 16.9 Å². The fraction of sp³-hybridized carbons (Fsp3) is 0.400. The Morgan fingerprint density at radius 3 is 2.59 bits per heavy atom. The van der Waals surface area contributed by atoms with Gasteiger partial charge in [-0.05, 0) is 59.6 Å². The highest BCUT2D eigenvalue weighted by Gasteiger charge is 2.35. The molecule has 1 aromatic heterocycles. The van der Waals surface area contributed by atoms with Gasteiger partial charge in [-0.2, -0.15) is 5.26 Å². The van der Waals surface area contributed by atoms with E-state index >= 15 is 0 Å². The van der Waals surface area contributed by atoms with Crippen molar-refractivity contribution in [3.63, 3.8) is 0 Å². The summed E-state index contributed by atoms with van der Waals surface area (Å²) in [4.78, 5) is 0. The van der Waals surface area contributed by atoms with E-state index < -0.39 is 10.0 Å². The number of aromatic nitrogens is 1. The van der Waals surface area contributed by atoms with Gasteiger partial charge in [0.25, 0.3) is 0 Å².